The number of carbonyl (C=O) groups excluding carboxylic acids is 1. The molecule has 11 heteroatoms. The van der Waals surface area contributed by atoms with Gasteiger partial charge >= 0.3 is 6.18 Å². The number of hydrogen-bond acceptors (Lipinski definition) is 6. The number of anilines is 1. The summed E-state index contributed by atoms with van der Waals surface area (Å²) in [6.07, 6.45) is -1.12. The fraction of sp³-hybridized carbons (Fsp3) is 0.111. The lowest BCUT2D eigenvalue weighted by molar-refractivity contribution is -0.137. The van der Waals surface area contributed by atoms with E-state index in [4.69, 9.17) is 4.42 Å². The van der Waals surface area contributed by atoms with Crippen molar-refractivity contribution in [2.24, 2.45) is 0 Å². The molecule has 1 amide bonds. The van der Waals surface area contributed by atoms with E-state index < -0.39 is 17.6 Å². The second kappa shape index (κ2) is 7.17. The average molecular weight is 419 g/mol. The van der Waals surface area contributed by atoms with Gasteiger partial charge in [-0.3, -0.25) is 4.79 Å². The van der Waals surface area contributed by atoms with Gasteiger partial charge in [0, 0.05) is 11.1 Å². The van der Waals surface area contributed by atoms with E-state index in [1.165, 1.54) is 35.8 Å². The van der Waals surface area contributed by atoms with Crippen molar-refractivity contribution in [2.75, 3.05) is 5.32 Å². The first-order valence-electron chi connectivity index (χ1n) is 8.20. The number of amides is 1. The minimum absolute atomic E-state index is 0.0153. The van der Waals surface area contributed by atoms with Crippen molar-refractivity contribution in [3.63, 3.8) is 0 Å². The van der Waals surface area contributed by atoms with Gasteiger partial charge in [-0.15, -0.1) is 11.3 Å². The van der Waals surface area contributed by atoms with Crippen LogP contribution in [0.1, 0.15) is 20.9 Å². The molecule has 0 aliphatic rings. The number of benzene rings is 1. The fourth-order valence-corrected chi connectivity index (χ4v) is 3.24. The van der Waals surface area contributed by atoms with Gasteiger partial charge in [-0.1, -0.05) is 0 Å². The van der Waals surface area contributed by atoms with Gasteiger partial charge in [0.2, 0.25) is 0 Å². The van der Waals surface area contributed by atoms with Gasteiger partial charge < -0.3 is 9.73 Å². The third-order valence-electron chi connectivity index (χ3n) is 3.96. The van der Waals surface area contributed by atoms with E-state index in [9.17, 15) is 18.0 Å². The SMILES string of the molecule is Cc1nc(-c2cc(C(=O)Nc3ccc(-n4cncn4)c(C(F)(F)F)c3)co2)cs1. The first kappa shape index (κ1) is 18.9. The highest BCUT2D eigenvalue weighted by Gasteiger charge is 2.34. The van der Waals surface area contributed by atoms with Crippen molar-refractivity contribution in [2.45, 2.75) is 13.1 Å². The molecule has 0 aliphatic heterocycles. The maximum Gasteiger partial charge on any atom is 0.418 e. The highest BCUT2D eigenvalue weighted by Crippen LogP contribution is 2.35. The maximum absolute atomic E-state index is 13.5. The summed E-state index contributed by atoms with van der Waals surface area (Å²) < 4.78 is 46.8. The molecule has 148 valence electrons. The highest BCUT2D eigenvalue weighted by molar-refractivity contribution is 7.09. The number of hydrogen-bond donors (Lipinski definition) is 1. The summed E-state index contributed by atoms with van der Waals surface area (Å²) >= 11 is 1.43. The van der Waals surface area contributed by atoms with E-state index >= 15 is 0 Å². The lowest BCUT2D eigenvalue weighted by Gasteiger charge is -2.14. The molecule has 0 spiro atoms. The van der Waals surface area contributed by atoms with Crippen LogP contribution in [0.2, 0.25) is 0 Å². The Morgan fingerprint density at radius 3 is 2.76 bits per heavy atom. The normalized spacial score (nSPS) is 11.6. The van der Waals surface area contributed by atoms with Crippen LogP contribution in [0.15, 0.2) is 53.0 Å². The summed E-state index contributed by atoms with van der Waals surface area (Å²) in [6, 6.07) is 4.90. The molecule has 0 aliphatic carbocycles. The maximum atomic E-state index is 13.5. The molecule has 7 nitrogen and oxygen atoms in total. The Hall–Kier alpha value is -3.47. The predicted molar refractivity (Wildman–Crippen MR) is 98.9 cm³/mol. The van der Waals surface area contributed by atoms with Crippen LogP contribution >= 0.6 is 11.3 Å². The van der Waals surface area contributed by atoms with Crippen LogP contribution in [-0.2, 0) is 6.18 Å². The Labute approximate surface area is 165 Å². The Morgan fingerprint density at radius 2 is 2.10 bits per heavy atom. The van der Waals surface area contributed by atoms with Crippen LogP contribution in [0.5, 0.6) is 0 Å². The molecule has 29 heavy (non-hydrogen) atoms. The quantitative estimate of drug-likeness (QED) is 0.524. The molecule has 0 saturated carbocycles. The van der Waals surface area contributed by atoms with Crippen molar-refractivity contribution in [3.05, 3.63) is 64.7 Å². The highest BCUT2D eigenvalue weighted by atomic mass is 32.1. The zero-order valence-corrected chi connectivity index (χ0v) is 15.6. The average Bonchev–Trinajstić information content (AvgIpc) is 3.42. The number of alkyl halides is 3. The van der Waals surface area contributed by atoms with Gasteiger partial charge in [-0.05, 0) is 31.2 Å². The van der Waals surface area contributed by atoms with E-state index in [2.05, 4.69) is 20.4 Å². The van der Waals surface area contributed by atoms with Crippen molar-refractivity contribution in [1.29, 1.82) is 0 Å². The molecule has 0 saturated heterocycles. The smallest absolute Gasteiger partial charge is 0.418 e. The molecule has 1 N–H and O–H groups in total. The first-order valence-corrected chi connectivity index (χ1v) is 9.08. The molecule has 1 aromatic carbocycles. The third kappa shape index (κ3) is 3.90. The van der Waals surface area contributed by atoms with Crippen molar-refractivity contribution in [1.82, 2.24) is 19.7 Å². The second-order valence-electron chi connectivity index (χ2n) is 5.98. The van der Waals surface area contributed by atoms with Crippen LogP contribution in [0.3, 0.4) is 0 Å². The van der Waals surface area contributed by atoms with E-state index in [1.807, 2.05) is 6.92 Å². The van der Waals surface area contributed by atoms with E-state index in [0.29, 0.717) is 11.5 Å². The minimum atomic E-state index is -4.65. The zero-order valence-electron chi connectivity index (χ0n) is 14.8. The molecular formula is C18H12F3N5O2S. The minimum Gasteiger partial charge on any atom is -0.462 e. The van der Waals surface area contributed by atoms with Crippen molar-refractivity contribution >= 4 is 22.9 Å². The summed E-state index contributed by atoms with van der Waals surface area (Å²) in [7, 11) is 0. The van der Waals surface area contributed by atoms with Gasteiger partial charge in [0.25, 0.3) is 5.91 Å². The number of carbonyl (C=O) groups is 1. The Bertz CT molecular complexity index is 1160. The van der Waals surface area contributed by atoms with E-state index in [-0.39, 0.29) is 16.9 Å². The van der Waals surface area contributed by atoms with Gasteiger partial charge in [-0.25, -0.2) is 14.6 Å². The predicted octanol–water partition coefficient (Wildman–Crippen LogP) is 4.56. The molecule has 3 heterocycles. The number of halogens is 3. The van der Waals surface area contributed by atoms with Crippen LogP contribution in [0.25, 0.3) is 17.1 Å². The topological polar surface area (TPSA) is 85.8 Å². The lowest BCUT2D eigenvalue weighted by Crippen LogP contribution is -2.15. The van der Waals surface area contributed by atoms with E-state index in [0.717, 1.165) is 28.4 Å². The zero-order chi connectivity index (χ0) is 20.6. The van der Waals surface area contributed by atoms with Crippen molar-refractivity contribution in [3.8, 4) is 17.1 Å². The number of nitrogens with one attached hydrogen (secondary N) is 1. The van der Waals surface area contributed by atoms with Crippen LogP contribution < -0.4 is 5.32 Å². The largest absolute Gasteiger partial charge is 0.462 e. The number of nitrogens with zero attached hydrogens (tertiary/aromatic N) is 4. The van der Waals surface area contributed by atoms with Crippen LogP contribution in [0.4, 0.5) is 18.9 Å². The van der Waals surface area contributed by atoms with Gasteiger partial charge in [0.05, 0.1) is 21.8 Å². The summed E-state index contributed by atoms with van der Waals surface area (Å²) in [5, 5.41) is 8.81. The van der Waals surface area contributed by atoms with E-state index in [1.54, 1.807) is 5.38 Å². The Kier molecular flexibility index (Phi) is 4.66. The van der Waals surface area contributed by atoms with Gasteiger partial charge in [0.15, 0.2) is 5.76 Å². The number of rotatable bonds is 4. The Balaban J connectivity index is 1.59. The number of furan rings is 1. The standard InChI is InChI=1S/C18H12F3N5O2S/c1-10-24-14(7-29-10)16-4-11(6-28-16)17(27)25-12-2-3-15(26-9-22-8-23-26)13(5-12)18(19,20)21/h2-9H,1H3,(H,25,27). The summed E-state index contributed by atoms with van der Waals surface area (Å²) in [5.41, 5.74) is -0.412. The van der Waals surface area contributed by atoms with Gasteiger partial charge in [0.1, 0.15) is 24.6 Å². The Morgan fingerprint density at radius 1 is 1.28 bits per heavy atom. The molecule has 4 aromatic rings. The molecular weight excluding hydrogens is 407 g/mol. The fourth-order valence-electron chi connectivity index (χ4n) is 2.64. The van der Waals surface area contributed by atoms with Gasteiger partial charge in [-0.2, -0.15) is 18.3 Å². The monoisotopic (exact) mass is 419 g/mol. The molecule has 0 fully saturated rings. The molecule has 3 aromatic heterocycles. The number of aryl methyl sites for hydroxylation is 1. The summed E-state index contributed by atoms with van der Waals surface area (Å²) in [4.78, 5) is 20.4. The summed E-state index contributed by atoms with van der Waals surface area (Å²) in [6.45, 7) is 1.84. The number of thiazole rings is 1. The van der Waals surface area contributed by atoms with Crippen LogP contribution in [0, 0.1) is 6.92 Å². The lowest BCUT2D eigenvalue weighted by atomic mass is 10.1. The first-order chi connectivity index (χ1) is 13.8. The molecule has 0 atom stereocenters. The molecule has 0 unspecified atom stereocenters. The number of aromatic nitrogens is 4. The molecule has 0 bridgehead atoms. The molecule has 0 radical (unpaired) electrons. The molecule has 4 rings (SSSR count). The van der Waals surface area contributed by atoms with Crippen LogP contribution in [-0.4, -0.2) is 25.7 Å². The summed E-state index contributed by atoms with van der Waals surface area (Å²) in [5.74, 6) is -0.203. The van der Waals surface area contributed by atoms with Crippen molar-refractivity contribution < 1.29 is 22.4 Å². The second-order valence-corrected chi connectivity index (χ2v) is 7.04. The third-order valence-corrected chi connectivity index (χ3v) is 4.73.